The van der Waals surface area contributed by atoms with Crippen molar-refractivity contribution in [3.05, 3.63) is 59.7 Å². The molecule has 174 valence electrons. The number of methoxy groups -OCH3 is 1. The van der Waals surface area contributed by atoms with Crippen LogP contribution in [0.1, 0.15) is 30.9 Å². The largest absolute Gasteiger partial charge is 0.495 e. The summed E-state index contributed by atoms with van der Waals surface area (Å²) in [4.78, 5) is 51.4. The molecule has 2 aromatic rings. The summed E-state index contributed by atoms with van der Waals surface area (Å²) in [5.41, 5.74) is 0.882. The van der Waals surface area contributed by atoms with Crippen LogP contribution in [0, 0.1) is 6.92 Å². The molecule has 1 saturated heterocycles. The summed E-state index contributed by atoms with van der Waals surface area (Å²) >= 11 is 0. The number of hydrogen-bond donors (Lipinski definition) is 3. The molecule has 0 spiro atoms. The van der Waals surface area contributed by atoms with Crippen molar-refractivity contribution in [1.82, 2.24) is 15.5 Å². The average molecular weight is 453 g/mol. The van der Waals surface area contributed by atoms with Gasteiger partial charge in [-0.15, -0.1) is 0 Å². The molecule has 3 N–H and O–H groups in total. The van der Waals surface area contributed by atoms with Crippen LogP contribution in [-0.2, 0) is 19.9 Å². The van der Waals surface area contributed by atoms with Gasteiger partial charge in [0.1, 0.15) is 17.8 Å². The normalized spacial score (nSPS) is 17.5. The van der Waals surface area contributed by atoms with Gasteiger partial charge in [0.15, 0.2) is 0 Å². The molecule has 2 aromatic carbocycles. The maximum Gasteiger partial charge on any atom is 0.325 e. The molecule has 0 aromatic heterocycles. The summed E-state index contributed by atoms with van der Waals surface area (Å²) in [5, 5.41) is 7.91. The second kappa shape index (κ2) is 10.2. The molecule has 0 radical (unpaired) electrons. The summed E-state index contributed by atoms with van der Waals surface area (Å²) in [5.74, 6) is -1.07. The third kappa shape index (κ3) is 5.14. The minimum Gasteiger partial charge on any atom is -0.495 e. The molecule has 0 saturated carbocycles. The molecule has 0 aliphatic carbocycles. The Morgan fingerprint density at radius 1 is 1.09 bits per heavy atom. The van der Waals surface area contributed by atoms with Gasteiger partial charge in [0, 0.05) is 0 Å². The number of carbonyl (C=O) groups is 4. The van der Waals surface area contributed by atoms with Crippen molar-refractivity contribution in [2.24, 2.45) is 0 Å². The minimum absolute atomic E-state index is 0.321. The first-order valence-electron chi connectivity index (χ1n) is 10.7. The van der Waals surface area contributed by atoms with Crippen molar-refractivity contribution in [2.75, 3.05) is 25.5 Å². The number of hydrogen-bond acceptors (Lipinski definition) is 5. The fraction of sp³-hybridized carbons (Fsp3) is 0.333. The van der Waals surface area contributed by atoms with E-state index in [4.69, 9.17) is 4.74 Å². The van der Waals surface area contributed by atoms with Gasteiger partial charge >= 0.3 is 6.03 Å². The van der Waals surface area contributed by atoms with Gasteiger partial charge in [-0.25, -0.2) is 4.79 Å². The first-order chi connectivity index (χ1) is 15.8. The van der Waals surface area contributed by atoms with E-state index in [2.05, 4.69) is 16.0 Å². The highest BCUT2D eigenvalue weighted by molar-refractivity contribution is 6.09. The standard InChI is InChI=1S/C24H28N4O5/c1-4-12-24(17-8-6-5-7-9-17)22(31)28(23(32)27-24)15-21(30)25-14-20(29)26-18-13-16(2)10-11-19(18)33-3/h5-11,13H,4,12,14-15H2,1-3H3,(H,25,30)(H,26,29)(H,27,32). The number of nitrogens with zero attached hydrogens (tertiary/aromatic N) is 1. The third-order valence-electron chi connectivity index (χ3n) is 5.44. The number of amides is 5. The summed E-state index contributed by atoms with van der Waals surface area (Å²) in [6, 6.07) is 13.7. The van der Waals surface area contributed by atoms with E-state index in [9.17, 15) is 19.2 Å². The number of benzene rings is 2. The summed E-state index contributed by atoms with van der Waals surface area (Å²) in [7, 11) is 1.49. The van der Waals surface area contributed by atoms with Crippen LogP contribution in [0.2, 0.25) is 0 Å². The van der Waals surface area contributed by atoms with E-state index < -0.39 is 35.8 Å². The maximum absolute atomic E-state index is 13.2. The molecule has 1 atom stereocenters. The Labute approximate surface area is 192 Å². The highest BCUT2D eigenvalue weighted by atomic mass is 16.5. The van der Waals surface area contributed by atoms with Crippen LogP contribution in [-0.4, -0.2) is 48.9 Å². The van der Waals surface area contributed by atoms with Crippen LogP contribution in [0.25, 0.3) is 0 Å². The Hall–Kier alpha value is -3.88. The maximum atomic E-state index is 13.2. The number of ether oxygens (including phenoxy) is 1. The first-order valence-corrected chi connectivity index (χ1v) is 10.7. The number of imide groups is 1. The zero-order valence-electron chi connectivity index (χ0n) is 18.9. The number of anilines is 1. The topological polar surface area (TPSA) is 117 Å². The molecule has 3 rings (SSSR count). The van der Waals surface area contributed by atoms with Gasteiger partial charge in [-0.05, 0) is 36.6 Å². The number of carbonyl (C=O) groups excluding carboxylic acids is 4. The fourth-order valence-corrected chi connectivity index (χ4v) is 3.87. The Balaban J connectivity index is 1.62. The van der Waals surface area contributed by atoms with E-state index in [1.54, 1.807) is 36.4 Å². The fourth-order valence-electron chi connectivity index (χ4n) is 3.87. The highest BCUT2D eigenvalue weighted by Gasteiger charge is 2.52. The van der Waals surface area contributed by atoms with E-state index in [0.29, 0.717) is 29.8 Å². The molecule has 9 heteroatoms. The molecule has 1 unspecified atom stereocenters. The molecule has 1 heterocycles. The van der Waals surface area contributed by atoms with Crippen molar-refractivity contribution in [1.29, 1.82) is 0 Å². The summed E-state index contributed by atoms with van der Waals surface area (Å²) in [6.07, 6.45) is 1.06. The van der Waals surface area contributed by atoms with Gasteiger partial charge in [0.2, 0.25) is 11.8 Å². The second-order valence-electron chi connectivity index (χ2n) is 7.87. The molecular formula is C24H28N4O5. The van der Waals surface area contributed by atoms with Crippen LogP contribution in [0.4, 0.5) is 10.5 Å². The molecule has 1 aliphatic heterocycles. The van der Waals surface area contributed by atoms with Gasteiger partial charge in [-0.3, -0.25) is 19.3 Å². The smallest absolute Gasteiger partial charge is 0.325 e. The van der Waals surface area contributed by atoms with Gasteiger partial charge in [0.05, 0.1) is 19.3 Å². The summed E-state index contributed by atoms with van der Waals surface area (Å²) in [6.45, 7) is 2.99. The lowest BCUT2D eigenvalue weighted by atomic mass is 9.85. The molecule has 9 nitrogen and oxygen atoms in total. The molecule has 33 heavy (non-hydrogen) atoms. The average Bonchev–Trinajstić information content (AvgIpc) is 3.04. The SMILES string of the molecule is CCCC1(c2ccccc2)NC(=O)N(CC(=O)NCC(=O)Nc2cc(C)ccc2OC)C1=O. The monoisotopic (exact) mass is 452 g/mol. The van der Waals surface area contributed by atoms with Gasteiger partial charge in [0.25, 0.3) is 5.91 Å². The molecule has 1 aliphatic rings. The van der Waals surface area contributed by atoms with Crippen LogP contribution in [0.3, 0.4) is 0 Å². The predicted molar refractivity (Wildman–Crippen MR) is 123 cm³/mol. The van der Waals surface area contributed by atoms with Gasteiger partial charge in [-0.2, -0.15) is 0 Å². The molecule has 5 amide bonds. The van der Waals surface area contributed by atoms with Crippen molar-refractivity contribution in [3.63, 3.8) is 0 Å². The van der Waals surface area contributed by atoms with Crippen molar-refractivity contribution >= 4 is 29.4 Å². The third-order valence-corrected chi connectivity index (χ3v) is 5.44. The zero-order chi connectivity index (χ0) is 24.0. The predicted octanol–water partition coefficient (Wildman–Crippen LogP) is 2.31. The number of aryl methyl sites for hydroxylation is 1. The molecule has 1 fully saturated rings. The Morgan fingerprint density at radius 2 is 1.82 bits per heavy atom. The van der Waals surface area contributed by atoms with E-state index in [1.165, 1.54) is 7.11 Å². The van der Waals surface area contributed by atoms with Crippen LogP contribution in [0.15, 0.2) is 48.5 Å². The number of nitrogens with one attached hydrogen (secondary N) is 3. The number of rotatable bonds is 9. The summed E-state index contributed by atoms with van der Waals surface area (Å²) < 4.78 is 5.22. The van der Waals surface area contributed by atoms with Crippen molar-refractivity contribution in [3.8, 4) is 5.75 Å². The second-order valence-corrected chi connectivity index (χ2v) is 7.87. The van der Waals surface area contributed by atoms with Gasteiger partial charge in [-0.1, -0.05) is 49.7 Å². The van der Waals surface area contributed by atoms with E-state index >= 15 is 0 Å². The van der Waals surface area contributed by atoms with Crippen molar-refractivity contribution < 1.29 is 23.9 Å². The molecular weight excluding hydrogens is 424 g/mol. The van der Waals surface area contributed by atoms with Crippen LogP contribution < -0.4 is 20.7 Å². The quantitative estimate of drug-likeness (QED) is 0.505. The van der Waals surface area contributed by atoms with Crippen LogP contribution >= 0.6 is 0 Å². The van der Waals surface area contributed by atoms with Gasteiger partial charge < -0.3 is 20.7 Å². The Bertz CT molecular complexity index is 1060. The lowest BCUT2D eigenvalue weighted by Gasteiger charge is -2.26. The molecule has 0 bridgehead atoms. The first kappa shape index (κ1) is 23.8. The Kier molecular flexibility index (Phi) is 7.32. The van der Waals surface area contributed by atoms with Crippen LogP contribution in [0.5, 0.6) is 5.75 Å². The Morgan fingerprint density at radius 3 is 2.48 bits per heavy atom. The van der Waals surface area contributed by atoms with Crippen molar-refractivity contribution in [2.45, 2.75) is 32.2 Å². The zero-order valence-corrected chi connectivity index (χ0v) is 18.9. The van der Waals surface area contributed by atoms with E-state index in [1.807, 2.05) is 26.0 Å². The highest BCUT2D eigenvalue weighted by Crippen LogP contribution is 2.33. The minimum atomic E-state index is -1.20. The lowest BCUT2D eigenvalue weighted by Crippen LogP contribution is -2.45. The lowest BCUT2D eigenvalue weighted by molar-refractivity contribution is -0.135. The van der Waals surface area contributed by atoms with E-state index in [-0.39, 0.29) is 6.54 Å². The van der Waals surface area contributed by atoms with E-state index in [0.717, 1.165) is 10.5 Å². The number of urea groups is 1.